The average molecular weight is 354 g/mol. The van der Waals surface area contributed by atoms with Gasteiger partial charge in [0.2, 0.25) is 5.91 Å². The van der Waals surface area contributed by atoms with Crippen LogP contribution in [0.25, 0.3) is 22.9 Å². The maximum absolute atomic E-state index is 12.2. The predicted molar refractivity (Wildman–Crippen MR) is 107 cm³/mol. The number of hydrogen-bond acceptors (Lipinski definition) is 3. The van der Waals surface area contributed by atoms with Crippen molar-refractivity contribution in [2.75, 3.05) is 5.32 Å². The number of anilines is 1. The van der Waals surface area contributed by atoms with Crippen molar-refractivity contribution < 1.29 is 4.79 Å². The second kappa shape index (κ2) is 7.25. The van der Waals surface area contributed by atoms with E-state index >= 15 is 0 Å². The largest absolute Gasteiger partial charge is 0.321 e. The Kier molecular flexibility index (Phi) is 4.49. The molecule has 27 heavy (non-hydrogen) atoms. The number of carbonyl (C=O) groups excluding carboxylic acids is 1. The Labute approximate surface area is 157 Å². The Morgan fingerprint density at radius 2 is 1.70 bits per heavy atom. The number of nitrogens with one attached hydrogen (secondary N) is 1. The lowest BCUT2D eigenvalue weighted by molar-refractivity contribution is -0.111. The van der Waals surface area contributed by atoms with E-state index in [2.05, 4.69) is 27.5 Å². The van der Waals surface area contributed by atoms with Crippen LogP contribution in [0.2, 0.25) is 0 Å². The van der Waals surface area contributed by atoms with Crippen molar-refractivity contribution in [2.24, 2.45) is 0 Å². The molecule has 5 heteroatoms. The first-order chi connectivity index (χ1) is 13.2. The quantitative estimate of drug-likeness (QED) is 0.554. The smallest absolute Gasteiger partial charge is 0.248 e. The zero-order chi connectivity index (χ0) is 18.6. The van der Waals surface area contributed by atoms with Crippen LogP contribution in [0.3, 0.4) is 0 Å². The lowest BCUT2D eigenvalue weighted by Crippen LogP contribution is -2.08. The minimum absolute atomic E-state index is 0.196. The summed E-state index contributed by atoms with van der Waals surface area (Å²) in [6, 6.07) is 21.9. The summed E-state index contributed by atoms with van der Waals surface area (Å²) in [5, 5.41) is 7.08. The lowest BCUT2D eigenvalue weighted by Gasteiger charge is -2.03. The van der Waals surface area contributed by atoms with Gasteiger partial charge in [0.15, 0.2) is 5.65 Å². The average Bonchev–Trinajstić information content (AvgIpc) is 3.07. The van der Waals surface area contributed by atoms with Gasteiger partial charge in [-0.3, -0.25) is 4.79 Å². The van der Waals surface area contributed by atoms with Crippen LogP contribution < -0.4 is 5.32 Å². The Balaban J connectivity index is 1.43. The molecule has 0 aliphatic rings. The number of rotatable bonds is 4. The number of nitrogens with zero attached hydrogens (tertiary/aromatic N) is 3. The van der Waals surface area contributed by atoms with Gasteiger partial charge in [0.05, 0.1) is 11.9 Å². The van der Waals surface area contributed by atoms with E-state index < -0.39 is 0 Å². The topological polar surface area (TPSA) is 59.3 Å². The molecule has 1 N–H and O–H groups in total. The van der Waals surface area contributed by atoms with E-state index in [4.69, 9.17) is 0 Å². The van der Waals surface area contributed by atoms with Crippen molar-refractivity contribution >= 4 is 23.3 Å². The second-order valence-electron chi connectivity index (χ2n) is 6.19. The summed E-state index contributed by atoms with van der Waals surface area (Å²) in [5.41, 5.74) is 4.70. The molecular formula is C22H18N4O. The van der Waals surface area contributed by atoms with Crippen LogP contribution in [-0.4, -0.2) is 20.5 Å². The third kappa shape index (κ3) is 3.93. The van der Waals surface area contributed by atoms with Gasteiger partial charge in [0.1, 0.15) is 5.82 Å². The van der Waals surface area contributed by atoms with Gasteiger partial charge >= 0.3 is 0 Å². The van der Waals surface area contributed by atoms with Crippen molar-refractivity contribution in [2.45, 2.75) is 6.92 Å². The fourth-order valence-electron chi connectivity index (χ4n) is 2.84. The third-order valence-corrected chi connectivity index (χ3v) is 4.15. The molecule has 0 fully saturated rings. The summed E-state index contributed by atoms with van der Waals surface area (Å²) in [6.45, 7) is 1.83. The van der Waals surface area contributed by atoms with E-state index in [9.17, 15) is 4.79 Å². The first kappa shape index (κ1) is 16.7. The minimum atomic E-state index is -0.196. The first-order valence-corrected chi connectivity index (χ1v) is 8.65. The maximum atomic E-state index is 12.2. The summed E-state index contributed by atoms with van der Waals surface area (Å²) < 4.78 is 1.65. The van der Waals surface area contributed by atoms with Crippen LogP contribution >= 0.6 is 0 Å². The van der Waals surface area contributed by atoms with Crippen molar-refractivity contribution in [3.63, 3.8) is 0 Å². The number of aromatic nitrogens is 3. The molecule has 4 aromatic rings. The van der Waals surface area contributed by atoms with Gasteiger partial charge in [0, 0.05) is 6.08 Å². The third-order valence-electron chi connectivity index (χ3n) is 4.15. The molecule has 2 heterocycles. The standard InChI is InChI=1S/C22H18N4O/c1-16-23-21-13-12-20(15-26(21)25-16)24-22(27)14-9-17-7-10-19(11-8-17)18-5-3-2-4-6-18/h2-15H,1H3,(H,24,27)/b14-9+. The van der Waals surface area contributed by atoms with E-state index in [-0.39, 0.29) is 5.91 Å². The Hall–Kier alpha value is -3.73. The molecule has 0 atom stereocenters. The van der Waals surface area contributed by atoms with Crippen LogP contribution in [0.1, 0.15) is 11.4 Å². The molecule has 132 valence electrons. The minimum Gasteiger partial charge on any atom is -0.321 e. The summed E-state index contributed by atoms with van der Waals surface area (Å²) in [6.07, 6.45) is 5.06. The Morgan fingerprint density at radius 3 is 2.48 bits per heavy atom. The number of carbonyl (C=O) groups is 1. The number of aryl methyl sites for hydroxylation is 1. The van der Waals surface area contributed by atoms with Gasteiger partial charge in [-0.2, -0.15) is 5.10 Å². The van der Waals surface area contributed by atoms with Crippen LogP contribution in [0.4, 0.5) is 5.69 Å². The SMILES string of the molecule is Cc1nc2ccc(NC(=O)/C=C/c3ccc(-c4ccccc4)cc3)cn2n1. The summed E-state index contributed by atoms with van der Waals surface area (Å²) in [7, 11) is 0. The fraction of sp³-hybridized carbons (Fsp3) is 0.0455. The zero-order valence-corrected chi connectivity index (χ0v) is 14.8. The predicted octanol–water partition coefficient (Wildman–Crippen LogP) is 4.36. The number of pyridine rings is 1. The van der Waals surface area contributed by atoms with E-state index in [1.165, 1.54) is 11.6 Å². The van der Waals surface area contributed by atoms with Crippen molar-refractivity contribution in [3.05, 3.63) is 90.4 Å². The van der Waals surface area contributed by atoms with E-state index in [0.29, 0.717) is 11.5 Å². The number of benzene rings is 2. The van der Waals surface area contributed by atoms with E-state index in [1.54, 1.807) is 16.8 Å². The number of fused-ring (bicyclic) bond motifs is 1. The van der Waals surface area contributed by atoms with Gasteiger partial charge in [-0.1, -0.05) is 54.6 Å². The molecule has 0 saturated heterocycles. The van der Waals surface area contributed by atoms with Crippen LogP contribution in [0, 0.1) is 6.92 Å². The van der Waals surface area contributed by atoms with Gasteiger partial charge in [-0.05, 0) is 41.8 Å². The van der Waals surface area contributed by atoms with Crippen LogP contribution in [0.5, 0.6) is 0 Å². The molecule has 5 nitrogen and oxygen atoms in total. The molecule has 2 aromatic heterocycles. The molecule has 0 spiro atoms. The van der Waals surface area contributed by atoms with Crippen molar-refractivity contribution in [3.8, 4) is 11.1 Å². The molecule has 4 rings (SSSR count). The van der Waals surface area contributed by atoms with Crippen molar-refractivity contribution in [1.29, 1.82) is 0 Å². The van der Waals surface area contributed by atoms with Crippen molar-refractivity contribution in [1.82, 2.24) is 14.6 Å². The molecule has 0 radical (unpaired) electrons. The molecule has 0 aliphatic heterocycles. The maximum Gasteiger partial charge on any atom is 0.248 e. The molecule has 0 bridgehead atoms. The van der Waals surface area contributed by atoms with Crippen LogP contribution in [0.15, 0.2) is 79.0 Å². The van der Waals surface area contributed by atoms with Gasteiger partial charge in [-0.25, -0.2) is 9.50 Å². The molecule has 0 aliphatic carbocycles. The highest BCUT2D eigenvalue weighted by Crippen LogP contribution is 2.19. The first-order valence-electron chi connectivity index (χ1n) is 8.65. The molecule has 1 amide bonds. The van der Waals surface area contributed by atoms with Gasteiger partial charge in [0.25, 0.3) is 0 Å². The highest BCUT2D eigenvalue weighted by atomic mass is 16.1. The number of hydrogen-bond donors (Lipinski definition) is 1. The molecule has 2 aromatic carbocycles. The Bertz CT molecular complexity index is 1110. The molecule has 0 unspecified atom stereocenters. The van der Waals surface area contributed by atoms with E-state index in [1.807, 2.05) is 61.5 Å². The molecular weight excluding hydrogens is 336 g/mol. The monoisotopic (exact) mass is 354 g/mol. The normalized spacial score (nSPS) is 11.1. The Morgan fingerprint density at radius 1 is 0.963 bits per heavy atom. The van der Waals surface area contributed by atoms with Crippen LogP contribution in [-0.2, 0) is 4.79 Å². The second-order valence-corrected chi connectivity index (χ2v) is 6.19. The van der Waals surface area contributed by atoms with Gasteiger partial charge in [-0.15, -0.1) is 0 Å². The van der Waals surface area contributed by atoms with Gasteiger partial charge < -0.3 is 5.32 Å². The summed E-state index contributed by atoms with van der Waals surface area (Å²) in [4.78, 5) is 16.4. The fourth-order valence-corrected chi connectivity index (χ4v) is 2.84. The highest BCUT2D eigenvalue weighted by Gasteiger charge is 2.03. The summed E-state index contributed by atoms with van der Waals surface area (Å²) >= 11 is 0. The summed E-state index contributed by atoms with van der Waals surface area (Å²) in [5.74, 6) is 0.496. The zero-order valence-electron chi connectivity index (χ0n) is 14.8. The highest BCUT2D eigenvalue weighted by molar-refractivity contribution is 6.01. The molecule has 0 saturated carbocycles. The number of amides is 1. The lowest BCUT2D eigenvalue weighted by atomic mass is 10.0. The van der Waals surface area contributed by atoms with E-state index in [0.717, 1.165) is 16.8 Å².